The van der Waals surface area contributed by atoms with Crippen molar-refractivity contribution < 1.29 is 0 Å². The zero-order valence-electron chi connectivity index (χ0n) is 11.0. The largest absolute Gasteiger partial charge is 0.356 e. The van der Waals surface area contributed by atoms with Gasteiger partial charge in [0.25, 0.3) is 0 Å². The Balaban J connectivity index is 2.07. The van der Waals surface area contributed by atoms with E-state index in [2.05, 4.69) is 32.8 Å². The van der Waals surface area contributed by atoms with Crippen LogP contribution >= 0.6 is 0 Å². The van der Waals surface area contributed by atoms with Gasteiger partial charge in [-0.1, -0.05) is 18.2 Å². The second kappa shape index (κ2) is 5.26. The molecule has 0 radical (unpaired) electrons. The fraction of sp³-hybridized carbons (Fsp3) is 0.333. The van der Waals surface area contributed by atoms with Crippen molar-refractivity contribution in [2.75, 3.05) is 29.9 Å². The lowest BCUT2D eigenvalue weighted by molar-refractivity contribution is 0.939. The van der Waals surface area contributed by atoms with Gasteiger partial charge in [-0.3, -0.25) is 0 Å². The maximum Gasteiger partial charge on any atom is 0.225 e. The average molecular weight is 254 g/mol. The lowest BCUT2D eigenvalue weighted by atomic mass is 10.2. The van der Waals surface area contributed by atoms with Crippen LogP contribution in [-0.2, 0) is 0 Å². The molecule has 1 aliphatic rings. The van der Waals surface area contributed by atoms with E-state index in [1.165, 1.54) is 12.8 Å². The minimum Gasteiger partial charge on any atom is -0.356 e. The number of nitrogens with zero attached hydrogens (tertiary/aromatic N) is 3. The summed E-state index contributed by atoms with van der Waals surface area (Å²) in [5.41, 5.74) is 0.992. The molecule has 0 aliphatic carbocycles. The molecule has 1 N–H and O–H groups in total. The summed E-state index contributed by atoms with van der Waals surface area (Å²) in [6.07, 6.45) is 4.30. The Kier molecular flexibility index (Phi) is 3.31. The standard InChI is InChI=1S/C15H18N4/c1-2-9-16-15-17-13-8-4-3-7-12(13)14(18-15)19-10-5-6-11-19/h2-4,7-8H,1,5-6,9-11H2,(H,16,17,18). The van der Waals surface area contributed by atoms with E-state index >= 15 is 0 Å². The molecule has 0 spiro atoms. The van der Waals surface area contributed by atoms with Gasteiger partial charge in [-0.15, -0.1) is 6.58 Å². The molecule has 2 heterocycles. The topological polar surface area (TPSA) is 41.1 Å². The van der Waals surface area contributed by atoms with Crippen LogP contribution < -0.4 is 10.2 Å². The third-order valence-electron chi connectivity index (χ3n) is 3.39. The Labute approximate surface area is 113 Å². The first kappa shape index (κ1) is 12.0. The van der Waals surface area contributed by atoms with Gasteiger partial charge in [0.1, 0.15) is 5.82 Å². The molecular formula is C15H18N4. The van der Waals surface area contributed by atoms with Gasteiger partial charge in [0.2, 0.25) is 5.95 Å². The maximum absolute atomic E-state index is 4.68. The lowest BCUT2D eigenvalue weighted by Gasteiger charge is -2.19. The van der Waals surface area contributed by atoms with Crippen LogP contribution in [-0.4, -0.2) is 29.6 Å². The van der Waals surface area contributed by atoms with Crippen molar-refractivity contribution in [1.29, 1.82) is 0 Å². The first-order chi connectivity index (χ1) is 9.38. The molecule has 0 amide bonds. The van der Waals surface area contributed by atoms with Gasteiger partial charge >= 0.3 is 0 Å². The molecule has 1 fully saturated rings. The third-order valence-corrected chi connectivity index (χ3v) is 3.39. The van der Waals surface area contributed by atoms with Crippen LogP contribution in [0.5, 0.6) is 0 Å². The van der Waals surface area contributed by atoms with E-state index in [-0.39, 0.29) is 0 Å². The van der Waals surface area contributed by atoms with E-state index in [1.807, 2.05) is 24.3 Å². The van der Waals surface area contributed by atoms with Crippen molar-refractivity contribution in [1.82, 2.24) is 9.97 Å². The molecule has 1 aliphatic heterocycles. The summed E-state index contributed by atoms with van der Waals surface area (Å²) < 4.78 is 0. The Morgan fingerprint density at radius 3 is 2.79 bits per heavy atom. The van der Waals surface area contributed by atoms with Gasteiger partial charge in [0.05, 0.1) is 5.52 Å². The normalized spacial score (nSPS) is 14.8. The van der Waals surface area contributed by atoms with Crippen LogP contribution in [0.2, 0.25) is 0 Å². The fourth-order valence-electron chi connectivity index (χ4n) is 2.47. The van der Waals surface area contributed by atoms with Crippen LogP contribution in [0, 0.1) is 0 Å². The Bertz CT molecular complexity index is 588. The van der Waals surface area contributed by atoms with Gasteiger partial charge < -0.3 is 10.2 Å². The highest BCUT2D eigenvalue weighted by Gasteiger charge is 2.17. The molecule has 1 saturated heterocycles. The molecular weight excluding hydrogens is 236 g/mol. The van der Waals surface area contributed by atoms with Crippen LogP contribution in [0.4, 0.5) is 11.8 Å². The monoisotopic (exact) mass is 254 g/mol. The van der Waals surface area contributed by atoms with Gasteiger partial charge in [-0.25, -0.2) is 4.98 Å². The summed E-state index contributed by atoms with van der Waals surface area (Å²) in [5, 5.41) is 4.32. The van der Waals surface area contributed by atoms with Crippen LogP contribution in [0.25, 0.3) is 10.9 Å². The molecule has 19 heavy (non-hydrogen) atoms. The van der Waals surface area contributed by atoms with Crippen molar-refractivity contribution in [3.8, 4) is 0 Å². The fourth-order valence-corrected chi connectivity index (χ4v) is 2.47. The second-order valence-corrected chi connectivity index (χ2v) is 4.75. The highest BCUT2D eigenvalue weighted by atomic mass is 15.2. The molecule has 0 atom stereocenters. The third kappa shape index (κ3) is 2.38. The number of para-hydroxylation sites is 1. The van der Waals surface area contributed by atoms with Crippen molar-refractivity contribution in [2.24, 2.45) is 0 Å². The number of nitrogens with one attached hydrogen (secondary N) is 1. The van der Waals surface area contributed by atoms with E-state index < -0.39 is 0 Å². The highest BCUT2D eigenvalue weighted by Crippen LogP contribution is 2.27. The summed E-state index contributed by atoms with van der Waals surface area (Å²) in [6, 6.07) is 8.19. The lowest BCUT2D eigenvalue weighted by Crippen LogP contribution is -2.20. The van der Waals surface area contributed by atoms with Gasteiger partial charge in [-0.2, -0.15) is 4.98 Å². The van der Waals surface area contributed by atoms with E-state index in [4.69, 9.17) is 0 Å². The summed E-state index contributed by atoms with van der Waals surface area (Å²) in [6.45, 7) is 6.56. The zero-order valence-corrected chi connectivity index (χ0v) is 11.0. The molecule has 2 aromatic rings. The Morgan fingerprint density at radius 1 is 1.21 bits per heavy atom. The molecule has 0 saturated carbocycles. The zero-order chi connectivity index (χ0) is 13.1. The number of hydrogen-bond acceptors (Lipinski definition) is 4. The summed E-state index contributed by atoms with van der Waals surface area (Å²) in [4.78, 5) is 11.6. The highest BCUT2D eigenvalue weighted by molar-refractivity contribution is 5.90. The molecule has 3 rings (SSSR count). The second-order valence-electron chi connectivity index (χ2n) is 4.75. The smallest absolute Gasteiger partial charge is 0.225 e. The molecule has 4 nitrogen and oxygen atoms in total. The quantitative estimate of drug-likeness (QED) is 0.852. The van der Waals surface area contributed by atoms with Crippen molar-refractivity contribution >= 4 is 22.7 Å². The average Bonchev–Trinajstić information content (AvgIpc) is 2.98. The van der Waals surface area contributed by atoms with Crippen LogP contribution in [0.1, 0.15) is 12.8 Å². The predicted octanol–water partition coefficient (Wildman–Crippen LogP) is 2.83. The van der Waals surface area contributed by atoms with Gasteiger partial charge in [0.15, 0.2) is 0 Å². The van der Waals surface area contributed by atoms with E-state index in [1.54, 1.807) is 0 Å². The maximum atomic E-state index is 4.68. The van der Waals surface area contributed by atoms with Crippen LogP contribution in [0.3, 0.4) is 0 Å². The Hall–Kier alpha value is -2.10. The molecule has 0 bridgehead atoms. The first-order valence-electron chi connectivity index (χ1n) is 6.75. The molecule has 98 valence electrons. The number of hydrogen-bond donors (Lipinski definition) is 1. The predicted molar refractivity (Wildman–Crippen MR) is 79.7 cm³/mol. The number of benzene rings is 1. The molecule has 4 heteroatoms. The van der Waals surface area contributed by atoms with E-state index in [0.717, 1.165) is 29.8 Å². The minimum absolute atomic E-state index is 0.678. The van der Waals surface area contributed by atoms with Crippen molar-refractivity contribution in [2.45, 2.75) is 12.8 Å². The SMILES string of the molecule is C=CCNc1nc(N2CCCC2)c2ccccc2n1. The van der Waals surface area contributed by atoms with Gasteiger partial charge in [0, 0.05) is 25.0 Å². The number of rotatable bonds is 4. The van der Waals surface area contributed by atoms with Crippen LogP contribution in [0.15, 0.2) is 36.9 Å². The van der Waals surface area contributed by atoms with Crippen molar-refractivity contribution in [3.63, 3.8) is 0 Å². The molecule has 0 unspecified atom stereocenters. The van der Waals surface area contributed by atoms with Gasteiger partial charge in [-0.05, 0) is 25.0 Å². The first-order valence-corrected chi connectivity index (χ1v) is 6.75. The number of aromatic nitrogens is 2. The number of anilines is 2. The molecule has 1 aromatic heterocycles. The summed E-state index contributed by atoms with van der Waals surface area (Å²) >= 11 is 0. The molecule has 1 aromatic carbocycles. The summed E-state index contributed by atoms with van der Waals surface area (Å²) in [5.74, 6) is 1.73. The number of fused-ring (bicyclic) bond motifs is 1. The Morgan fingerprint density at radius 2 is 2.00 bits per heavy atom. The van der Waals surface area contributed by atoms with E-state index in [0.29, 0.717) is 12.5 Å². The minimum atomic E-state index is 0.678. The summed E-state index contributed by atoms with van der Waals surface area (Å²) in [7, 11) is 0. The van der Waals surface area contributed by atoms with Crippen molar-refractivity contribution in [3.05, 3.63) is 36.9 Å². The van der Waals surface area contributed by atoms with E-state index in [9.17, 15) is 0 Å².